The predicted molar refractivity (Wildman–Crippen MR) is 50.4 cm³/mol. The maximum absolute atomic E-state index is 11.0. The topological polar surface area (TPSA) is 65.5 Å². The molecule has 1 aromatic rings. The molecule has 0 aliphatic carbocycles. The van der Waals surface area contributed by atoms with E-state index in [0.29, 0.717) is 0 Å². The van der Waals surface area contributed by atoms with Gasteiger partial charge in [0.05, 0.1) is 19.1 Å². The second kappa shape index (κ2) is 4.02. The third-order valence-corrected chi connectivity index (χ3v) is 2.78. The van der Waals surface area contributed by atoms with Crippen LogP contribution >= 0.6 is 10.7 Å². The van der Waals surface area contributed by atoms with Crippen LogP contribution in [0.4, 0.5) is 0 Å². The maximum Gasteiger partial charge on any atom is 0.261 e. The highest BCUT2D eigenvalue weighted by atomic mass is 35.7. The van der Waals surface area contributed by atoms with Gasteiger partial charge in [0.2, 0.25) is 11.8 Å². The lowest BCUT2D eigenvalue weighted by molar-refractivity contribution is 0.362. The van der Waals surface area contributed by atoms with Crippen molar-refractivity contribution in [3.05, 3.63) is 12.1 Å². The van der Waals surface area contributed by atoms with Crippen LogP contribution in [0.2, 0.25) is 0 Å². The van der Waals surface area contributed by atoms with Crippen molar-refractivity contribution in [2.24, 2.45) is 0 Å². The van der Waals surface area contributed by atoms with Crippen LogP contribution in [-0.2, 0) is 9.05 Å². The lowest BCUT2D eigenvalue weighted by atomic mass is 10.5. The highest BCUT2D eigenvalue weighted by Crippen LogP contribution is 2.23. The summed E-state index contributed by atoms with van der Waals surface area (Å²) < 4.78 is 31.5. The lowest BCUT2D eigenvalue weighted by Crippen LogP contribution is -1.97. The Labute approximate surface area is 86.0 Å². The van der Waals surface area contributed by atoms with Crippen molar-refractivity contribution in [2.75, 3.05) is 14.2 Å². The molecule has 0 atom stereocenters. The van der Waals surface area contributed by atoms with Gasteiger partial charge in [-0.15, -0.1) is 0 Å². The Morgan fingerprint density at radius 3 is 1.93 bits per heavy atom. The molecule has 0 saturated carbocycles. The van der Waals surface area contributed by atoms with Gasteiger partial charge in [-0.1, -0.05) is 0 Å². The Hall–Kier alpha value is -1.01. The summed E-state index contributed by atoms with van der Waals surface area (Å²) in [6, 6.07) is 2.43. The molecule has 0 fully saturated rings. The van der Waals surface area contributed by atoms with Crippen LogP contribution in [0.3, 0.4) is 0 Å². The van der Waals surface area contributed by atoms with Gasteiger partial charge in [-0.2, -0.15) is 4.98 Å². The van der Waals surface area contributed by atoms with Crippen molar-refractivity contribution in [3.63, 3.8) is 0 Å². The molecule has 0 unspecified atom stereocenters. The molecule has 7 heteroatoms. The van der Waals surface area contributed by atoms with Crippen molar-refractivity contribution in [2.45, 2.75) is 4.90 Å². The molecule has 1 heterocycles. The minimum Gasteiger partial charge on any atom is -0.481 e. The Morgan fingerprint density at radius 2 is 1.64 bits per heavy atom. The average Bonchev–Trinajstić information content (AvgIpc) is 2.15. The van der Waals surface area contributed by atoms with Crippen molar-refractivity contribution in [1.29, 1.82) is 0 Å². The number of ether oxygens (including phenoxy) is 2. The summed E-state index contributed by atoms with van der Waals surface area (Å²) >= 11 is 0. The molecule has 0 aromatic carbocycles. The number of halogens is 1. The Kier molecular flexibility index (Phi) is 3.17. The van der Waals surface area contributed by atoms with Crippen molar-refractivity contribution < 1.29 is 17.9 Å². The molecule has 0 saturated heterocycles. The third-order valence-electron chi connectivity index (χ3n) is 1.45. The van der Waals surface area contributed by atoms with E-state index in [-0.39, 0.29) is 16.7 Å². The summed E-state index contributed by atoms with van der Waals surface area (Å²) in [4.78, 5) is 3.71. The van der Waals surface area contributed by atoms with Crippen LogP contribution < -0.4 is 9.47 Å². The summed E-state index contributed by atoms with van der Waals surface area (Å²) in [5, 5.41) is 0. The Morgan fingerprint density at radius 1 is 1.21 bits per heavy atom. The van der Waals surface area contributed by atoms with E-state index >= 15 is 0 Å². The van der Waals surface area contributed by atoms with Gasteiger partial charge in [-0.3, -0.25) is 0 Å². The molecule has 78 valence electrons. The van der Waals surface area contributed by atoms with E-state index in [1.54, 1.807) is 0 Å². The Balaban J connectivity index is 3.32. The number of hydrogen-bond acceptors (Lipinski definition) is 5. The van der Waals surface area contributed by atoms with E-state index in [1.165, 1.54) is 26.4 Å². The summed E-state index contributed by atoms with van der Waals surface area (Å²) in [5.41, 5.74) is 0. The molecule has 5 nitrogen and oxygen atoms in total. The quantitative estimate of drug-likeness (QED) is 0.735. The number of rotatable bonds is 3. The molecule has 0 aliphatic rings. The van der Waals surface area contributed by atoms with E-state index in [0.717, 1.165) is 0 Å². The van der Waals surface area contributed by atoms with E-state index in [2.05, 4.69) is 4.98 Å². The first kappa shape index (κ1) is 11.1. The molecular weight excluding hydrogens is 230 g/mol. The van der Waals surface area contributed by atoms with Crippen LogP contribution in [0.25, 0.3) is 0 Å². The van der Waals surface area contributed by atoms with Crippen molar-refractivity contribution in [3.8, 4) is 11.8 Å². The second-order valence-electron chi connectivity index (χ2n) is 2.33. The Bertz CT molecular complexity index is 409. The number of pyridine rings is 1. The fourth-order valence-corrected chi connectivity index (χ4v) is 1.56. The fourth-order valence-electron chi connectivity index (χ4n) is 0.808. The van der Waals surface area contributed by atoms with Crippen LogP contribution in [-0.4, -0.2) is 27.6 Å². The van der Waals surface area contributed by atoms with Crippen LogP contribution in [0.1, 0.15) is 0 Å². The van der Waals surface area contributed by atoms with Crippen LogP contribution in [0.15, 0.2) is 17.0 Å². The summed E-state index contributed by atoms with van der Waals surface area (Å²) in [6.45, 7) is 0. The first-order valence-electron chi connectivity index (χ1n) is 3.52. The number of methoxy groups -OCH3 is 2. The standard InChI is InChI=1S/C7H8ClNO4S/c1-12-6-3-5(14(8,10)11)4-7(9-6)13-2/h3-4H,1-2H3. The normalized spacial score (nSPS) is 11.1. The smallest absolute Gasteiger partial charge is 0.261 e. The number of hydrogen-bond donors (Lipinski definition) is 0. The van der Waals surface area contributed by atoms with Crippen LogP contribution in [0.5, 0.6) is 11.8 Å². The summed E-state index contributed by atoms with van der Waals surface area (Å²) in [7, 11) is 4.09. The largest absolute Gasteiger partial charge is 0.481 e. The molecular formula is C7H8ClNO4S. The van der Waals surface area contributed by atoms with Gasteiger partial charge in [0.25, 0.3) is 9.05 Å². The van der Waals surface area contributed by atoms with Crippen molar-refractivity contribution in [1.82, 2.24) is 4.98 Å². The monoisotopic (exact) mass is 237 g/mol. The van der Waals surface area contributed by atoms with Crippen molar-refractivity contribution >= 4 is 19.7 Å². The van der Waals surface area contributed by atoms with Gasteiger partial charge >= 0.3 is 0 Å². The van der Waals surface area contributed by atoms with E-state index in [4.69, 9.17) is 20.2 Å². The SMILES string of the molecule is COc1cc(S(=O)(=O)Cl)cc(OC)n1. The fraction of sp³-hybridized carbons (Fsp3) is 0.286. The predicted octanol–water partition coefficient (Wildman–Crippen LogP) is 1.03. The van der Waals surface area contributed by atoms with E-state index in [9.17, 15) is 8.42 Å². The minimum atomic E-state index is -3.80. The zero-order valence-electron chi connectivity index (χ0n) is 7.52. The van der Waals surface area contributed by atoms with Gasteiger partial charge in [-0.25, -0.2) is 8.42 Å². The molecule has 0 bridgehead atoms. The molecule has 14 heavy (non-hydrogen) atoms. The van der Waals surface area contributed by atoms with Gasteiger partial charge in [-0.05, 0) is 0 Å². The van der Waals surface area contributed by atoms with Gasteiger partial charge in [0.1, 0.15) is 0 Å². The number of aromatic nitrogens is 1. The van der Waals surface area contributed by atoms with Gasteiger partial charge in [0.15, 0.2) is 0 Å². The zero-order chi connectivity index (χ0) is 10.8. The first-order valence-corrected chi connectivity index (χ1v) is 5.83. The molecule has 1 aromatic heterocycles. The average molecular weight is 238 g/mol. The van der Waals surface area contributed by atoms with Gasteiger partial charge in [0, 0.05) is 22.8 Å². The highest BCUT2D eigenvalue weighted by molar-refractivity contribution is 8.13. The molecule has 0 radical (unpaired) electrons. The first-order chi connectivity index (χ1) is 6.47. The number of nitrogens with zero attached hydrogens (tertiary/aromatic N) is 1. The summed E-state index contributed by atoms with van der Waals surface area (Å²) in [5.74, 6) is 0.257. The minimum absolute atomic E-state index is 0.108. The maximum atomic E-state index is 11.0. The van der Waals surface area contributed by atoms with Crippen LogP contribution in [0, 0.1) is 0 Å². The molecule has 0 amide bonds. The van der Waals surface area contributed by atoms with Gasteiger partial charge < -0.3 is 9.47 Å². The van der Waals surface area contributed by atoms with E-state index < -0.39 is 9.05 Å². The molecule has 0 aliphatic heterocycles. The third kappa shape index (κ3) is 2.49. The highest BCUT2D eigenvalue weighted by Gasteiger charge is 2.14. The zero-order valence-corrected chi connectivity index (χ0v) is 9.09. The molecule has 0 spiro atoms. The summed E-state index contributed by atoms with van der Waals surface area (Å²) in [6.07, 6.45) is 0. The lowest BCUT2D eigenvalue weighted by Gasteiger charge is -2.04. The second-order valence-corrected chi connectivity index (χ2v) is 4.89. The molecule has 0 N–H and O–H groups in total. The molecule has 1 rings (SSSR count). The van der Waals surface area contributed by atoms with E-state index in [1.807, 2.05) is 0 Å².